The Labute approximate surface area is 123 Å². The van der Waals surface area contributed by atoms with Crippen molar-refractivity contribution in [2.75, 3.05) is 20.3 Å². The molecule has 0 saturated carbocycles. The molecular weight excluding hydrogens is 300 g/mol. The number of aryl methyl sites for hydroxylation is 1. The van der Waals surface area contributed by atoms with Crippen LogP contribution in [-0.2, 0) is 14.8 Å². The normalized spacial score (nSPS) is 13.3. The van der Waals surface area contributed by atoms with Crippen molar-refractivity contribution in [1.82, 2.24) is 9.71 Å². The first-order valence-corrected chi connectivity index (χ1v) is 7.78. The minimum absolute atomic E-state index is 0.0271. The van der Waals surface area contributed by atoms with Crippen LogP contribution in [0, 0.1) is 13.8 Å². The van der Waals surface area contributed by atoms with Gasteiger partial charge in [0.05, 0.1) is 12.7 Å². The highest BCUT2D eigenvalue weighted by molar-refractivity contribution is 7.89. The average Bonchev–Trinajstić information content (AvgIpc) is 2.65. The molecule has 21 heavy (non-hydrogen) atoms. The van der Waals surface area contributed by atoms with Crippen molar-refractivity contribution in [3.05, 3.63) is 17.0 Å². The third kappa shape index (κ3) is 4.27. The van der Waals surface area contributed by atoms with E-state index in [0.717, 1.165) is 0 Å². The van der Waals surface area contributed by atoms with Gasteiger partial charge in [-0.1, -0.05) is 0 Å². The molecule has 1 aromatic rings. The van der Waals surface area contributed by atoms with Crippen molar-refractivity contribution in [2.45, 2.75) is 31.3 Å². The predicted molar refractivity (Wildman–Crippen MR) is 74.9 cm³/mol. The molecule has 1 aromatic heterocycles. The van der Waals surface area contributed by atoms with Crippen molar-refractivity contribution >= 4 is 16.0 Å². The lowest BCUT2D eigenvalue weighted by molar-refractivity contribution is 0.0603. The second-order valence-electron chi connectivity index (χ2n) is 4.68. The lowest BCUT2D eigenvalue weighted by Gasteiger charge is -2.11. The van der Waals surface area contributed by atoms with E-state index in [-0.39, 0.29) is 41.4 Å². The summed E-state index contributed by atoms with van der Waals surface area (Å²) in [5.74, 6) is -1.22. The molecule has 1 rings (SSSR count). The number of rotatable bonds is 8. The van der Waals surface area contributed by atoms with E-state index >= 15 is 0 Å². The minimum atomic E-state index is -3.84. The second-order valence-corrected chi connectivity index (χ2v) is 6.38. The first kappa shape index (κ1) is 17.6. The zero-order chi connectivity index (χ0) is 16.2. The van der Waals surface area contributed by atoms with Gasteiger partial charge in [0, 0.05) is 24.9 Å². The number of hydrogen-bond acceptors (Lipinski definition) is 5. The van der Waals surface area contributed by atoms with Gasteiger partial charge in [-0.15, -0.1) is 0 Å². The number of H-pyrrole nitrogens is 1. The molecule has 4 N–H and O–H groups in total. The van der Waals surface area contributed by atoms with Gasteiger partial charge in [0.25, 0.3) is 0 Å². The molecule has 0 amide bonds. The van der Waals surface area contributed by atoms with E-state index in [1.54, 1.807) is 0 Å². The van der Waals surface area contributed by atoms with Crippen LogP contribution in [0.2, 0.25) is 0 Å². The van der Waals surface area contributed by atoms with E-state index in [9.17, 15) is 18.3 Å². The van der Waals surface area contributed by atoms with Crippen molar-refractivity contribution in [1.29, 1.82) is 0 Å². The van der Waals surface area contributed by atoms with Crippen molar-refractivity contribution in [3.8, 4) is 0 Å². The molecule has 0 radical (unpaired) electrons. The van der Waals surface area contributed by atoms with Gasteiger partial charge in [0.15, 0.2) is 0 Å². The number of methoxy groups -OCH3 is 1. The van der Waals surface area contributed by atoms with Gasteiger partial charge >= 0.3 is 5.97 Å². The molecule has 0 saturated heterocycles. The van der Waals surface area contributed by atoms with E-state index in [1.165, 1.54) is 21.0 Å². The number of aromatic carboxylic acids is 1. The number of carboxylic acid groups (broad SMARTS) is 1. The third-order valence-corrected chi connectivity index (χ3v) is 4.71. The van der Waals surface area contributed by atoms with Crippen LogP contribution < -0.4 is 4.72 Å². The highest BCUT2D eigenvalue weighted by Gasteiger charge is 2.26. The first-order valence-electron chi connectivity index (χ1n) is 6.29. The molecule has 1 heterocycles. The maximum absolute atomic E-state index is 12.2. The quantitative estimate of drug-likeness (QED) is 0.534. The highest BCUT2D eigenvalue weighted by atomic mass is 32.2. The van der Waals surface area contributed by atoms with Crippen LogP contribution >= 0.6 is 0 Å². The first-order chi connectivity index (χ1) is 9.70. The van der Waals surface area contributed by atoms with Gasteiger partial charge in [0.1, 0.15) is 10.6 Å². The summed E-state index contributed by atoms with van der Waals surface area (Å²) in [6.07, 6.45) is -0.567. The van der Waals surface area contributed by atoms with Crippen LogP contribution in [0.15, 0.2) is 4.90 Å². The van der Waals surface area contributed by atoms with Gasteiger partial charge in [-0.25, -0.2) is 17.9 Å². The summed E-state index contributed by atoms with van der Waals surface area (Å²) < 4.78 is 31.5. The lowest BCUT2D eigenvalue weighted by atomic mass is 10.2. The maximum Gasteiger partial charge on any atom is 0.352 e. The number of sulfonamides is 1. The molecule has 1 unspecified atom stereocenters. The standard InChI is InChI=1S/C12H20N2O6S/c1-7-10(12(16)17)14-8(2)11(7)21(18,19)13-5-4-9(15)6-20-3/h9,13-15H,4-6H2,1-3H3,(H,16,17). The van der Waals surface area contributed by atoms with E-state index in [0.29, 0.717) is 0 Å². The van der Waals surface area contributed by atoms with E-state index in [2.05, 4.69) is 9.71 Å². The van der Waals surface area contributed by atoms with Crippen LogP contribution in [-0.4, -0.2) is 55.9 Å². The Kier molecular flexibility index (Phi) is 5.90. The van der Waals surface area contributed by atoms with Crippen LogP contribution in [0.1, 0.15) is 28.2 Å². The molecule has 120 valence electrons. The van der Waals surface area contributed by atoms with Crippen molar-refractivity contribution < 1.29 is 28.2 Å². The van der Waals surface area contributed by atoms with Gasteiger partial charge in [-0.05, 0) is 20.3 Å². The summed E-state index contributed by atoms with van der Waals surface area (Å²) in [5, 5.41) is 18.4. The second kappa shape index (κ2) is 7.03. The lowest BCUT2D eigenvalue weighted by Crippen LogP contribution is -2.29. The minimum Gasteiger partial charge on any atom is -0.477 e. The number of aliphatic hydroxyl groups excluding tert-OH is 1. The summed E-state index contributed by atoms with van der Waals surface area (Å²) in [6.45, 7) is 3.07. The fraction of sp³-hybridized carbons (Fsp3) is 0.583. The number of ether oxygens (including phenoxy) is 1. The number of carbonyl (C=O) groups is 1. The van der Waals surface area contributed by atoms with E-state index in [1.807, 2.05) is 0 Å². The number of aliphatic hydroxyl groups is 1. The number of hydrogen-bond donors (Lipinski definition) is 4. The van der Waals surface area contributed by atoms with Crippen LogP contribution in [0.5, 0.6) is 0 Å². The summed E-state index contributed by atoms with van der Waals surface area (Å²) in [7, 11) is -2.40. The predicted octanol–water partition coefficient (Wildman–Crippen LogP) is 0.00544. The zero-order valence-corrected chi connectivity index (χ0v) is 13.0. The van der Waals surface area contributed by atoms with E-state index in [4.69, 9.17) is 9.84 Å². The summed E-state index contributed by atoms with van der Waals surface area (Å²) >= 11 is 0. The monoisotopic (exact) mass is 320 g/mol. The largest absolute Gasteiger partial charge is 0.477 e. The molecule has 0 aliphatic carbocycles. The molecule has 0 bridgehead atoms. The third-order valence-electron chi connectivity index (χ3n) is 2.98. The number of aromatic amines is 1. The van der Waals surface area contributed by atoms with Gasteiger partial charge in [0.2, 0.25) is 10.0 Å². The Hall–Kier alpha value is -1.42. The van der Waals surface area contributed by atoms with Crippen molar-refractivity contribution in [2.24, 2.45) is 0 Å². The topological polar surface area (TPSA) is 129 Å². The number of carboxylic acids is 1. The van der Waals surface area contributed by atoms with Crippen LogP contribution in [0.4, 0.5) is 0 Å². The van der Waals surface area contributed by atoms with Crippen LogP contribution in [0.25, 0.3) is 0 Å². The Morgan fingerprint density at radius 1 is 1.43 bits per heavy atom. The maximum atomic E-state index is 12.2. The average molecular weight is 320 g/mol. The zero-order valence-electron chi connectivity index (χ0n) is 12.1. The number of nitrogens with one attached hydrogen (secondary N) is 2. The summed E-state index contributed by atoms with van der Waals surface area (Å²) in [6, 6.07) is 0. The van der Waals surface area contributed by atoms with Gasteiger partial charge in [-0.3, -0.25) is 0 Å². The molecule has 0 fully saturated rings. The molecular formula is C12H20N2O6S. The fourth-order valence-corrected chi connectivity index (χ4v) is 3.55. The molecule has 9 heteroatoms. The van der Waals surface area contributed by atoms with Gasteiger partial charge < -0.3 is 19.9 Å². The van der Waals surface area contributed by atoms with Crippen LogP contribution in [0.3, 0.4) is 0 Å². The Balaban J connectivity index is 2.87. The molecule has 0 aliphatic rings. The number of aromatic nitrogens is 1. The molecule has 1 atom stereocenters. The Bertz CT molecular complexity index is 608. The molecule has 8 nitrogen and oxygen atoms in total. The molecule has 0 spiro atoms. The van der Waals surface area contributed by atoms with E-state index < -0.39 is 22.1 Å². The fourth-order valence-electron chi connectivity index (χ4n) is 2.06. The van der Waals surface area contributed by atoms with Crippen molar-refractivity contribution in [3.63, 3.8) is 0 Å². The Morgan fingerprint density at radius 2 is 2.05 bits per heavy atom. The summed E-state index contributed by atoms with van der Waals surface area (Å²) in [5.41, 5.74) is 0.270. The Morgan fingerprint density at radius 3 is 2.52 bits per heavy atom. The smallest absolute Gasteiger partial charge is 0.352 e. The summed E-state index contributed by atoms with van der Waals surface area (Å²) in [4.78, 5) is 13.5. The molecule has 0 aliphatic heterocycles. The SMILES string of the molecule is COCC(O)CCNS(=O)(=O)c1c(C)[nH]c(C(=O)O)c1C. The highest BCUT2D eigenvalue weighted by Crippen LogP contribution is 2.22. The van der Waals surface area contributed by atoms with Gasteiger partial charge in [-0.2, -0.15) is 0 Å². The molecule has 0 aromatic carbocycles.